The molecule has 0 spiro atoms. The second-order valence-corrected chi connectivity index (χ2v) is 6.57. The van der Waals surface area contributed by atoms with Crippen molar-refractivity contribution >= 4 is 51.6 Å². The van der Waals surface area contributed by atoms with E-state index in [2.05, 4.69) is 60.7 Å². The Morgan fingerprint density at radius 2 is 2.04 bits per heavy atom. The normalized spacial score (nSPS) is 17.3. The number of anilines is 1. The third-order valence-corrected chi connectivity index (χ3v) is 4.44. The molecule has 0 bridgehead atoms. The third-order valence-electron chi connectivity index (χ3n) is 3.92. The Balaban J connectivity index is 0.00000312. The van der Waals surface area contributed by atoms with Crippen molar-refractivity contribution in [3.63, 3.8) is 0 Å². The van der Waals surface area contributed by atoms with Crippen LogP contribution in [0.3, 0.4) is 0 Å². The number of halogens is 2. The molecule has 2 N–H and O–H groups in total. The number of guanidine groups is 1. The molecule has 1 unspecified atom stereocenters. The summed E-state index contributed by atoms with van der Waals surface area (Å²) in [4.78, 5) is 6.68. The van der Waals surface area contributed by atoms with Gasteiger partial charge in [-0.05, 0) is 30.7 Å². The molecule has 8 heteroatoms. The van der Waals surface area contributed by atoms with Crippen molar-refractivity contribution in [2.24, 2.45) is 4.99 Å². The van der Waals surface area contributed by atoms with Crippen LogP contribution in [-0.2, 0) is 9.47 Å². The molecule has 0 aliphatic carbocycles. The van der Waals surface area contributed by atoms with Crippen molar-refractivity contribution in [3.05, 3.63) is 28.7 Å². The molecule has 1 aromatic rings. The molecule has 1 fully saturated rings. The zero-order valence-electron chi connectivity index (χ0n) is 14.8. The SMILES string of the molecule is CN=C(NCCOCCOC)NC1CCN(c2ccc(Br)cc2)C1.I. The van der Waals surface area contributed by atoms with Crippen molar-refractivity contribution < 1.29 is 9.47 Å². The maximum absolute atomic E-state index is 5.44. The molecule has 25 heavy (non-hydrogen) atoms. The van der Waals surface area contributed by atoms with Gasteiger partial charge in [-0.1, -0.05) is 15.9 Å². The van der Waals surface area contributed by atoms with Crippen LogP contribution in [0.5, 0.6) is 0 Å². The van der Waals surface area contributed by atoms with E-state index in [9.17, 15) is 0 Å². The summed E-state index contributed by atoms with van der Waals surface area (Å²) >= 11 is 3.48. The molecule has 1 heterocycles. The van der Waals surface area contributed by atoms with Gasteiger partial charge in [0.25, 0.3) is 0 Å². The molecule has 1 atom stereocenters. The highest BCUT2D eigenvalue weighted by atomic mass is 127. The fraction of sp³-hybridized carbons (Fsp3) is 0.588. The van der Waals surface area contributed by atoms with Gasteiger partial charge >= 0.3 is 0 Å². The summed E-state index contributed by atoms with van der Waals surface area (Å²) in [6, 6.07) is 8.86. The molecule has 6 nitrogen and oxygen atoms in total. The lowest BCUT2D eigenvalue weighted by atomic mass is 10.3. The lowest BCUT2D eigenvalue weighted by molar-refractivity contribution is 0.0733. The summed E-state index contributed by atoms with van der Waals surface area (Å²) in [7, 11) is 3.47. The fourth-order valence-corrected chi connectivity index (χ4v) is 2.90. The van der Waals surface area contributed by atoms with Crippen LogP contribution in [0.25, 0.3) is 0 Å². The lowest BCUT2D eigenvalue weighted by Crippen LogP contribution is -2.45. The van der Waals surface area contributed by atoms with E-state index in [4.69, 9.17) is 9.47 Å². The average molecular weight is 527 g/mol. The highest BCUT2D eigenvalue weighted by molar-refractivity contribution is 14.0. The number of benzene rings is 1. The minimum absolute atomic E-state index is 0. The van der Waals surface area contributed by atoms with Gasteiger partial charge in [-0.2, -0.15) is 0 Å². The quantitative estimate of drug-likeness (QED) is 0.236. The molecular formula is C17H28BrIN4O2. The van der Waals surface area contributed by atoms with E-state index in [0.29, 0.717) is 25.9 Å². The Hall–Kier alpha value is -0.580. The maximum atomic E-state index is 5.44. The molecule has 0 saturated carbocycles. The molecule has 0 aromatic heterocycles. The number of methoxy groups -OCH3 is 1. The largest absolute Gasteiger partial charge is 0.382 e. The van der Waals surface area contributed by atoms with E-state index in [-0.39, 0.29) is 24.0 Å². The van der Waals surface area contributed by atoms with Gasteiger partial charge < -0.3 is 25.0 Å². The van der Waals surface area contributed by atoms with Gasteiger partial charge in [-0.15, -0.1) is 24.0 Å². The highest BCUT2D eigenvalue weighted by Gasteiger charge is 2.23. The zero-order valence-corrected chi connectivity index (χ0v) is 18.7. The van der Waals surface area contributed by atoms with Gasteiger partial charge in [0, 0.05) is 50.0 Å². The Morgan fingerprint density at radius 3 is 2.72 bits per heavy atom. The summed E-state index contributed by atoms with van der Waals surface area (Å²) < 4.78 is 11.5. The van der Waals surface area contributed by atoms with Crippen molar-refractivity contribution in [1.29, 1.82) is 0 Å². The van der Waals surface area contributed by atoms with Crippen LogP contribution in [0.15, 0.2) is 33.7 Å². The standard InChI is InChI=1S/C17H27BrN4O2.HI/c1-19-17(20-8-10-24-12-11-23-2)21-15-7-9-22(13-15)16-5-3-14(18)4-6-16;/h3-6,15H,7-13H2,1-2H3,(H2,19,20,21);1H. The number of ether oxygens (including phenoxy) is 2. The maximum Gasteiger partial charge on any atom is 0.191 e. The molecule has 1 aliphatic heterocycles. The average Bonchev–Trinajstić information content (AvgIpc) is 3.06. The summed E-state index contributed by atoms with van der Waals surface area (Å²) in [6.45, 7) is 4.64. The zero-order chi connectivity index (χ0) is 17.2. The van der Waals surface area contributed by atoms with E-state index in [0.717, 1.165) is 36.5 Å². The van der Waals surface area contributed by atoms with Crippen molar-refractivity contribution in [3.8, 4) is 0 Å². The third kappa shape index (κ3) is 8.10. The van der Waals surface area contributed by atoms with E-state index in [1.807, 2.05) is 0 Å². The predicted molar refractivity (Wildman–Crippen MR) is 117 cm³/mol. The second kappa shape index (κ2) is 12.7. The number of nitrogens with one attached hydrogen (secondary N) is 2. The first kappa shape index (κ1) is 22.5. The Morgan fingerprint density at radius 1 is 1.28 bits per heavy atom. The van der Waals surface area contributed by atoms with Crippen LogP contribution in [0.4, 0.5) is 5.69 Å². The first-order valence-electron chi connectivity index (χ1n) is 8.27. The van der Waals surface area contributed by atoms with Gasteiger partial charge in [0.2, 0.25) is 0 Å². The fourth-order valence-electron chi connectivity index (χ4n) is 2.64. The van der Waals surface area contributed by atoms with Gasteiger partial charge in [-0.25, -0.2) is 0 Å². The van der Waals surface area contributed by atoms with Crippen LogP contribution in [0, 0.1) is 0 Å². The van der Waals surface area contributed by atoms with Gasteiger partial charge in [0.05, 0.1) is 19.8 Å². The Bertz CT molecular complexity index is 516. The Kier molecular flexibility index (Phi) is 11.4. The summed E-state index contributed by atoms with van der Waals surface area (Å²) in [5.41, 5.74) is 1.26. The number of aliphatic imine (C=N–C) groups is 1. The summed E-state index contributed by atoms with van der Waals surface area (Å²) in [6.07, 6.45) is 1.10. The topological polar surface area (TPSA) is 58.1 Å². The van der Waals surface area contributed by atoms with Crippen LogP contribution in [0.1, 0.15) is 6.42 Å². The number of hydrogen-bond donors (Lipinski definition) is 2. The number of rotatable bonds is 8. The monoisotopic (exact) mass is 526 g/mol. The van der Waals surface area contributed by atoms with Crippen LogP contribution >= 0.6 is 39.9 Å². The summed E-state index contributed by atoms with van der Waals surface area (Å²) in [5, 5.41) is 6.77. The predicted octanol–water partition coefficient (Wildman–Crippen LogP) is 2.47. The highest BCUT2D eigenvalue weighted by Crippen LogP contribution is 2.22. The van der Waals surface area contributed by atoms with E-state index in [1.54, 1.807) is 14.2 Å². The molecule has 0 radical (unpaired) electrons. The molecule has 1 saturated heterocycles. The lowest BCUT2D eigenvalue weighted by Gasteiger charge is -2.20. The summed E-state index contributed by atoms with van der Waals surface area (Å²) in [5.74, 6) is 0.827. The van der Waals surface area contributed by atoms with Gasteiger partial charge in [0.15, 0.2) is 5.96 Å². The molecule has 1 aliphatic rings. The van der Waals surface area contributed by atoms with Gasteiger partial charge in [-0.3, -0.25) is 4.99 Å². The first-order valence-corrected chi connectivity index (χ1v) is 9.06. The minimum Gasteiger partial charge on any atom is -0.382 e. The Labute approximate surface area is 175 Å². The number of nitrogens with zero attached hydrogens (tertiary/aromatic N) is 2. The molecular weight excluding hydrogens is 499 g/mol. The molecule has 142 valence electrons. The van der Waals surface area contributed by atoms with Crippen molar-refractivity contribution in [2.45, 2.75) is 12.5 Å². The smallest absolute Gasteiger partial charge is 0.191 e. The van der Waals surface area contributed by atoms with Crippen LogP contribution in [0.2, 0.25) is 0 Å². The van der Waals surface area contributed by atoms with Crippen LogP contribution < -0.4 is 15.5 Å². The molecule has 2 rings (SSSR count). The molecule has 1 aromatic carbocycles. The van der Waals surface area contributed by atoms with Crippen molar-refractivity contribution in [2.75, 3.05) is 58.5 Å². The number of hydrogen-bond acceptors (Lipinski definition) is 4. The van der Waals surface area contributed by atoms with E-state index < -0.39 is 0 Å². The van der Waals surface area contributed by atoms with Crippen molar-refractivity contribution in [1.82, 2.24) is 10.6 Å². The molecule has 0 amide bonds. The minimum atomic E-state index is 0. The first-order chi connectivity index (χ1) is 11.7. The second-order valence-electron chi connectivity index (χ2n) is 5.66. The van der Waals surface area contributed by atoms with Gasteiger partial charge in [0.1, 0.15) is 0 Å². The van der Waals surface area contributed by atoms with Crippen LogP contribution in [-0.4, -0.2) is 65.6 Å². The van der Waals surface area contributed by atoms with E-state index >= 15 is 0 Å². The van der Waals surface area contributed by atoms with E-state index in [1.165, 1.54) is 5.69 Å².